The lowest BCUT2D eigenvalue weighted by atomic mass is 10.1. The SMILES string of the molecule is Cc1ccc(O)c(NC(=O)C(=O)Nc2cccc3c(O)cccc23)c1. The molecule has 0 radical (unpaired) electrons. The van der Waals surface area contributed by atoms with Gasteiger partial charge in [-0.25, -0.2) is 0 Å². The van der Waals surface area contributed by atoms with Gasteiger partial charge in [0.05, 0.1) is 5.69 Å². The van der Waals surface area contributed by atoms with Crippen LogP contribution in [0.25, 0.3) is 10.8 Å². The highest BCUT2D eigenvalue weighted by Crippen LogP contribution is 2.30. The Bertz CT molecular complexity index is 982. The first-order valence-corrected chi connectivity index (χ1v) is 7.58. The summed E-state index contributed by atoms with van der Waals surface area (Å²) in [5.41, 5.74) is 1.40. The zero-order chi connectivity index (χ0) is 18.0. The van der Waals surface area contributed by atoms with Gasteiger partial charge in [-0.1, -0.05) is 30.3 Å². The predicted molar refractivity (Wildman–Crippen MR) is 95.7 cm³/mol. The lowest BCUT2D eigenvalue weighted by molar-refractivity contribution is -0.132. The summed E-state index contributed by atoms with van der Waals surface area (Å²) in [4.78, 5) is 24.3. The van der Waals surface area contributed by atoms with Crippen LogP contribution in [-0.4, -0.2) is 22.0 Å². The summed E-state index contributed by atoms with van der Waals surface area (Å²) in [6.45, 7) is 1.80. The molecule has 126 valence electrons. The molecule has 0 atom stereocenters. The molecule has 0 saturated carbocycles. The Morgan fingerprint density at radius 3 is 2.16 bits per heavy atom. The smallest absolute Gasteiger partial charge is 0.314 e. The summed E-state index contributed by atoms with van der Waals surface area (Å²) in [6, 6.07) is 14.6. The summed E-state index contributed by atoms with van der Waals surface area (Å²) >= 11 is 0. The molecular formula is C19H16N2O4. The van der Waals surface area contributed by atoms with Crippen LogP contribution in [-0.2, 0) is 9.59 Å². The Balaban J connectivity index is 1.82. The molecule has 0 saturated heterocycles. The van der Waals surface area contributed by atoms with Crippen LogP contribution in [0.3, 0.4) is 0 Å². The molecule has 0 heterocycles. The van der Waals surface area contributed by atoms with Crippen LogP contribution in [0.2, 0.25) is 0 Å². The first kappa shape index (κ1) is 16.3. The van der Waals surface area contributed by atoms with E-state index in [1.165, 1.54) is 6.07 Å². The van der Waals surface area contributed by atoms with Gasteiger partial charge in [0, 0.05) is 16.5 Å². The van der Waals surface area contributed by atoms with E-state index in [1.807, 2.05) is 0 Å². The number of aryl methyl sites for hydroxylation is 1. The number of carbonyl (C=O) groups is 2. The molecular weight excluding hydrogens is 320 g/mol. The van der Waals surface area contributed by atoms with E-state index in [0.29, 0.717) is 16.5 Å². The third-order valence-electron chi connectivity index (χ3n) is 3.75. The lowest BCUT2D eigenvalue weighted by Crippen LogP contribution is -2.29. The largest absolute Gasteiger partial charge is 0.507 e. The number of hydrogen-bond donors (Lipinski definition) is 4. The predicted octanol–water partition coefficient (Wildman–Crippen LogP) is 3.14. The standard InChI is InChI=1S/C19H16N2O4/c1-11-8-9-17(23)15(10-11)21-19(25)18(24)20-14-6-2-5-13-12(14)4-3-7-16(13)22/h2-10,22-23H,1H3,(H,20,24)(H,21,25). The molecule has 0 aliphatic rings. The topological polar surface area (TPSA) is 98.7 Å². The van der Waals surface area contributed by atoms with E-state index >= 15 is 0 Å². The van der Waals surface area contributed by atoms with Gasteiger partial charge in [-0.3, -0.25) is 9.59 Å². The summed E-state index contributed by atoms with van der Waals surface area (Å²) in [5, 5.41) is 25.7. The summed E-state index contributed by atoms with van der Waals surface area (Å²) in [7, 11) is 0. The average Bonchev–Trinajstić information content (AvgIpc) is 2.59. The van der Waals surface area contributed by atoms with Crippen LogP contribution in [0, 0.1) is 6.92 Å². The third-order valence-corrected chi connectivity index (χ3v) is 3.75. The van der Waals surface area contributed by atoms with E-state index in [0.717, 1.165) is 5.56 Å². The molecule has 3 rings (SSSR count). The van der Waals surface area contributed by atoms with E-state index in [2.05, 4.69) is 10.6 Å². The monoisotopic (exact) mass is 336 g/mol. The summed E-state index contributed by atoms with van der Waals surface area (Å²) in [5.74, 6) is -1.82. The number of carbonyl (C=O) groups excluding carboxylic acids is 2. The van der Waals surface area contributed by atoms with Crippen molar-refractivity contribution >= 4 is 34.0 Å². The number of fused-ring (bicyclic) bond motifs is 1. The maximum Gasteiger partial charge on any atom is 0.314 e. The summed E-state index contributed by atoms with van der Waals surface area (Å²) in [6.07, 6.45) is 0. The van der Waals surface area contributed by atoms with E-state index in [9.17, 15) is 19.8 Å². The van der Waals surface area contributed by atoms with Crippen LogP contribution in [0.1, 0.15) is 5.56 Å². The van der Waals surface area contributed by atoms with Gasteiger partial charge < -0.3 is 20.8 Å². The van der Waals surface area contributed by atoms with Crippen LogP contribution in [0.5, 0.6) is 11.5 Å². The quantitative estimate of drug-likeness (QED) is 0.427. The second kappa shape index (κ2) is 6.52. The Morgan fingerprint density at radius 1 is 0.760 bits per heavy atom. The van der Waals surface area contributed by atoms with Gasteiger partial charge in [-0.15, -0.1) is 0 Å². The molecule has 4 N–H and O–H groups in total. The number of benzene rings is 3. The number of amides is 2. The first-order chi connectivity index (χ1) is 12.0. The van der Waals surface area contributed by atoms with Crippen molar-refractivity contribution in [1.82, 2.24) is 0 Å². The van der Waals surface area contributed by atoms with Crippen LogP contribution in [0.4, 0.5) is 11.4 Å². The third kappa shape index (κ3) is 3.37. The molecule has 3 aromatic rings. The maximum atomic E-state index is 12.2. The zero-order valence-electron chi connectivity index (χ0n) is 13.4. The number of aromatic hydroxyl groups is 2. The Kier molecular flexibility index (Phi) is 4.26. The van der Waals surface area contributed by atoms with Crippen molar-refractivity contribution in [3.8, 4) is 11.5 Å². The fraction of sp³-hybridized carbons (Fsp3) is 0.0526. The van der Waals surface area contributed by atoms with Crippen molar-refractivity contribution in [1.29, 1.82) is 0 Å². The molecule has 0 aliphatic carbocycles. The van der Waals surface area contributed by atoms with Crippen molar-refractivity contribution in [2.75, 3.05) is 10.6 Å². The van der Waals surface area contributed by atoms with Gasteiger partial charge in [0.25, 0.3) is 0 Å². The number of nitrogens with one attached hydrogen (secondary N) is 2. The molecule has 3 aromatic carbocycles. The highest BCUT2D eigenvalue weighted by molar-refractivity contribution is 6.44. The normalized spacial score (nSPS) is 10.4. The Morgan fingerprint density at radius 2 is 1.40 bits per heavy atom. The highest BCUT2D eigenvalue weighted by atomic mass is 16.3. The molecule has 0 aromatic heterocycles. The first-order valence-electron chi connectivity index (χ1n) is 7.58. The van der Waals surface area contributed by atoms with Gasteiger partial charge >= 0.3 is 11.8 Å². The molecule has 6 nitrogen and oxygen atoms in total. The van der Waals surface area contributed by atoms with Gasteiger partial charge in [-0.05, 0) is 36.8 Å². The van der Waals surface area contributed by atoms with E-state index in [1.54, 1.807) is 55.5 Å². The highest BCUT2D eigenvalue weighted by Gasteiger charge is 2.17. The van der Waals surface area contributed by atoms with E-state index in [4.69, 9.17) is 0 Å². The molecule has 0 aliphatic heterocycles. The Hall–Kier alpha value is -3.54. The molecule has 0 unspecified atom stereocenters. The zero-order valence-corrected chi connectivity index (χ0v) is 13.4. The van der Waals surface area contributed by atoms with Crippen molar-refractivity contribution in [2.45, 2.75) is 6.92 Å². The fourth-order valence-electron chi connectivity index (χ4n) is 2.51. The van der Waals surface area contributed by atoms with Crippen molar-refractivity contribution in [3.05, 3.63) is 60.2 Å². The molecule has 25 heavy (non-hydrogen) atoms. The minimum atomic E-state index is -0.905. The van der Waals surface area contributed by atoms with Gasteiger partial charge in [0.2, 0.25) is 0 Å². The van der Waals surface area contributed by atoms with E-state index in [-0.39, 0.29) is 17.2 Å². The molecule has 0 spiro atoms. The maximum absolute atomic E-state index is 12.2. The lowest BCUT2D eigenvalue weighted by Gasteiger charge is -2.11. The average molecular weight is 336 g/mol. The van der Waals surface area contributed by atoms with Gasteiger partial charge in [0.1, 0.15) is 11.5 Å². The van der Waals surface area contributed by atoms with Crippen molar-refractivity contribution < 1.29 is 19.8 Å². The number of phenols is 2. The molecule has 2 amide bonds. The minimum absolute atomic E-state index is 0.0859. The number of hydrogen-bond acceptors (Lipinski definition) is 4. The van der Waals surface area contributed by atoms with E-state index < -0.39 is 11.8 Å². The van der Waals surface area contributed by atoms with Crippen molar-refractivity contribution in [2.24, 2.45) is 0 Å². The fourth-order valence-corrected chi connectivity index (χ4v) is 2.51. The second-order valence-electron chi connectivity index (χ2n) is 5.61. The summed E-state index contributed by atoms with van der Waals surface area (Å²) < 4.78 is 0. The molecule has 0 fully saturated rings. The van der Waals surface area contributed by atoms with Gasteiger partial charge in [0.15, 0.2) is 0 Å². The van der Waals surface area contributed by atoms with Crippen LogP contribution < -0.4 is 10.6 Å². The van der Waals surface area contributed by atoms with Crippen LogP contribution in [0.15, 0.2) is 54.6 Å². The second-order valence-corrected chi connectivity index (χ2v) is 5.61. The Labute approximate surface area is 143 Å². The molecule has 0 bridgehead atoms. The van der Waals surface area contributed by atoms with Crippen LogP contribution >= 0.6 is 0 Å². The van der Waals surface area contributed by atoms with Gasteiger partial charge in [-0.2, -0.15) is 0 Å². The number of rotatable bonds is 2. The van der Waals surface area contributed by atoms with Crippen molar-refractivity contribution in [3.63, 3.8) is 0 Å². The number of phenolic OH excluding ortho intramolecular Hbond substituents is 2. The molecule has 6 heteroatoms. The minimum Gasteiger partial charge on any atom is -0.507 e. The number of anilines is 2.